The van der Waals surface area contributed by atoms with Crippen molar-refractivity contribution in [2.24, 2.45) is 5.73 Å². The Bertz CT molecular complexity index is 131. The lowest BCUT2D eigenvalue weighted by Crippen LogP contribution is -2.37. The number of nitrogens with two attached hydrogens (primary N) is 1. The minimum atomic E-state index is -3.18. The third-order valence-corrected chi connectivity index (χ3v) is 0.892. The van der Waals surface area contributed by atoms with E-state index in [1.54, 1.807) is 0 Å². The number of hydrogen-bond donors (Lipinski definition) is 2. The molecule has 0 aromatic carbocycles. The third kappa shape index (κ3) is 4.60. The Morgan fingerprint density at radius 2 is 2.00 bits per heavy atom. The molecule has 0 saturated carbocycles. The smallest absolute Gasteiger partial charge is 0.287 e. The van der Waals surface area contributed by atoms with Crippen molar-refractivity contribution < 1.29 is 18.0 Å². The normalized spacial score (nSPS) is 13.2. The summed E-state index contributed by atoms with van der Waals surface area (Å²) < 4.78 is 34.8. The van der Waals surface area contributed by atoms with Gasteiger partial charge in [-0.25, -0.2) is 13.2 Å². The standard InChI is InChI=1S/C5H9F3N2O/c6-4(7)5(8)10-3(11)1-2-9/h4-5H,1-2,9H2,(H,10,11). The van der Waals surface area contributed by atoms with Gasteiger partial charge in [0.2, 0.25) is 12.2 Å². The van der Waals surface area contributed by atoms with Crippen LogP contribution in [-0.2, 0) is 4.79 Å². The van der Waals surface area contributed by atoms with Crippen LogP contribution in [0.3, 0.4) is 0 Å². The van der Waals surface area contributed by atoms with Crippen molar-refractivity contribution in [1.82, 2.24) is 5.32 Å². The Labute approximate surface area is 61.7 Å². The third-order valence-electron chi connectivity index (χ3n) is 0.892. The van der Waals surface area contributed by atoms with Gasteiger partial charge in [-0.05, 0) is 0 Å². The first-order chi connectivity index (χ1) is 5.07. The Hall–Kier alpha value is -0.780. The summed E-state index contributed by atoms with van der Waals surface area (Å²) in [6, 6.07) is 0. The quantitative estimate of drug-likeness (QED) is 0.584. The maximum absolute atomic E-state index is 12.0. The predicted octanol–water partition coefficient (Wildman–Crippen LogP) is 0.0121. The fourth-order valence-corrected chi connectivity index (χ4v) is 0.420. The van der Waals surface area contributed by atoms with E-state index in [-0.39, 0.29) is 13.0 Å². The van der Waals surface area contributed by atoms with Crippen LogP contribution in [0.5, 0.6) is 0 Å². The molecule has 0 aromatic rings. The molecule has 0 aliphatic carbocycles. The maximum atomic E-state index is 12.0. The van der Waals surface area contributed by atoms with Crippen molar-refractivity contribution in [3.05, 3.63) is 0 Å². The molecule has 0 aliphatic rings. The summed E-state index contributed by atoms with van der Waals surface area (Å²) in [5.74, 6) is -0.805. The predicted molar refractivity (Wildman–Crippen MR) is 32.7 cm³/mol. The molecule has 0 radical (unpaired) electrons. The Kier molecular flexibility index (Phi) is 4.60. The molecule has 3 N–H and O–H groups in total. The molecule has 0 aliphatic heterocycles. The van der Waals surface area contributed by atoms with E-state index < -0.39 is 18.6 Å². The summed E-state index contributed by atoms with van der Waals surface area (Å²) in [6.45, 7) is 0.0157. The number of nitrogens with one attached hydrogen (secondary N) is 1. The molecule has 0 bridgehead atoms. The zero-order valence-corrected chi connectivity index (χ0v) is 5.69. The van der Waals surface area contributed by atoms with Crippen LogP contribution in [0.2, 0.25) is 0 Å². The Morgan fingerprint density at radius 3 is 2.36 bits per heavy atom. The van der Waals surface area contributed by atoms with Crippen LogP contribution in [0.15, 0.2) is 0 Å². The van der Waals surface area contributed by atoms with Crippen molar-refractivity contribution >= 4 is 5.91 Å². The van der Waals surface area contributed by atoms with Crippen LogP contribution in [0, 0.1) is 0 Å². The van der Waals surface area contributed by atoms with E-state index >= 15 is 0 Å². The maximum Gasteiger partial charge on any atom is 0.287 e. The number of hydrogen-bond acceptors (Lipinski definition) is 2. The summed E-state index contributed by atoms with van der Waals surface area (Å²) >= 11 is 0. The van der Waals surface area contributed by atoms with E-state index in [9.17, 15) is 18.0 Å². The second kappa shape index (κ2) is 4.95. The second-order valence-corrected chi connectivity index (χ2v) is 1.84. The number of rotatable bonds is 4. The molecule has 0 fully saturated rings. The van der Waals surface area contributed by atoms with E-state index in [0.717, 1.165) is 0 Å². The molecule has 0 heterocycles. The summed E-state index contributed by atoms with van der Waals surface area (Å²) in [4.78, 5) is 10.4. The van der Waals surface area contributed by atoms with Gasteiger partial charge >= 0.3 is 0 Å². The molecule has 1 atom stereocenters. The van der Waals surface area contributed by atoms with Crippen molar-refractivity contribution in [3.63, 3.8) is 0 Å². The lowest BCUT2D eigenvalue weighted by Gasteiger charge is -2.07. The fraction of sp³-hybridized carbons (Fsp3) is 0.800. The van der Waals surface area contributed by atoms with Gasteiger partial charge in [0.1, 0.15) is 0 Å². The van der Waals surface area contributed by atoms with Crippen molar-refractivity contribution in [3.8, 4) is 0 Å². The first-order valence-corrected chi connectivity index (χ1v) is 2.99. The van der Waals surface area contributed by atoms with Gasteiger partial charge in [0, 0.05) is 13.0 Å². The Balaban J connectivity index is 3.57. The average Bonchev–Trinajstić information content (AvgIpc) is 1.87. The fourth-order valence-electron chi connectivity index (χ4n) is 0.420. The molecule has 0 saturated heterocycles. The van der Waals surface area contributed by atoms with Crippen molar-refractivity contribution in [1.29, 1.82) is 0 Å². The minimum Gasteiger partial charge on any atom is -0.330 e. The van der Waals surface area contributed by atoms with Gasteiger partial charge < -0.3 is 11.1 Å². The molecule has 6 heteroatoms. The zero-order chi connectivity index (χ0) is 8.85. The van der Waals surface area contributed by atoms with Gasteiger partial charge in [0.25, 0.3) is 6.43 Å². The van der Waals surface area contributed by atoms with Crippen molar-refractivity contribution in [2.45, 2.75) is 19.1 Å². The average molecular weight is 170 g/mol. The van der Waals surface area contributed by atoms with Gasteiger partial charge in [0.15, 0.2) is 0 Å². The van der Waals surface area contributed by atoms with Gasteiger partial charge in [-0.3, -0.25) is 4.79 Å². The van der Waals surface area contributed by atoms with Crippen LogP contribution >= 0.6 is 0 Å². The zero-order valence-electron chi connectivity index (χ0n) is 5.69. The van der Waals surface area contributed by atoms with E-state index in [4.69, 9.17) is 5.73 Å². The highest BCUT2D eigenvalue weighted by Crippen LogP contribution is 2.01. The second-order valence-electron chi connectivity index (χ2n) is 1.84. The van der Waals surface area contributed by atoms with Crippen LogP contribution in [0.25, 0.3) is 0 Å². The summed E-state index contributed by atoms with van der Waals surface area (Å²) in [6.07, 6.45) is -5.92. The summed E-state index contributed by atoms with van der Waals surface area (Å²) in [7, 11) is 0. The van der Waals surface area contributed by atoms with Crippen molar-refractivity contribution in [2.75, 3.05) is 6.54 Å². The number of carbonyl (C=O) groups is 1. The van der Waals surface area contributed by atoms with E-state index in [0.29, 0.717) is 0 Å². The first-order valence-electron chi connectivity index (χ1n) is 2.99. The van der Waals surface area contributed by atoms with E-state index in [1.165, 1.54) is 5.32 Å². The van der Waals surface area contributed by atoms with Crippen LogP contribution < -0.4 is 11.1 Å². The van der Waals surface area contributed by atoms with Gasteiger partial charge in [-0.2, -0.15) is 0 Å². The topological polar surface area (TPSA) is 55.1 Å². The molecular weight excluding hydrogens is 161 g/mol. The van der Waals surface area contributed by atoms with Crippen LogP contribution in [-0.4, -0.2) is 25.2 Å². The first kappa shape index (κ1) is 10.2. The lowest BCUT2D eigenvalue weighted by atomic mass is 10.4. The van der Waals surface area contributed by atoms with Crippen LogP contribution in [0.4, 0.5) is 13.2 Å². The molecule has 0 aromatic heterocycles. The van der Waals surface area contributed by atoms with E-state index in [2.05, 4.69) is 0 Å². The highest BCUT2D eigenvalue weighted by molar-refractivity contribution is 5.76. The minimum absolute atomic E-state index is 0.0157. The number of halogens is 3. The van der Waals surface area contributed by atoms with Crippen LogP contribution in [0.1, 0.15) is 6.42 Å². The monoisotopic (exact) mass is 170 g/mol. The molecule has 0 rings (SSSR count). The van der Waals surface area contributed by atoms with Gasteiger partial charge in [-0.15, -0.1) is 0 Å². The number of alkyl halides is 3. The summed E-state index contributed by atoms with van der Waals surface area (Å²) in [5.41, 5.74) is 4.91. The highest BCUT2D eigenvalue weighted by Gasteiger charge is 2.20. The van der Waals surface area contributed by atoms with Gasteiger partial charge in [-0.1, -0.05) is 0 Å². The molecule has 3 nitrogen and oxygen atoms in total. The molecule has 66 valence electrons. The molecule has 0 spiro atoms. The lowest BCUT2D eigenvalue weighted by molar-refractivity contribution is -0.124. The number of carbonyl (C=O) groups excluding carboxylic acids is 1. The Morgan fingerprint density at radius 1 is 1.45 bits per heavy atom. The highest BCUT2D eigenvalue weighted by atomic mass is 19.3. The molecular formula is C5H9F3N2O. The SMILES string of the molecule is NCCC(=O)NC(F)C(F)F. The molecule has 1 amide bonds. The number of amides is 1. The van der Waals surface area contributed by atoms with E-state index in [1.807, 2.05) is 0 Å². The van der Waals surface area contributed by atoms with Gasteiger partial charge in [0.05, 0.1) is 0 Å². The molecule has 1 unspecified atom stereocenters. The largest absolute Gasteiger partial charge is 0.330 e. The molecule has 11 heavy (non-hydrogen) atoms. The summed E-state index contributed by atoms with van der Waals surface area (Å²) in [5, 5.41) is 1.44.